The van der Waals surface area contributed by atoms with Crippen molar-refractivity contribution in [3.63, 3.8) is 0 Å². The molecule has 0 radical (unpaired) electrons. The number of benzene rings is 4. The van der Waals surface area contributed by atoms with Gasteiger partial charge in [0, 0.05) is 51.5 Å². The fourth-order valence-electron chi connectivity index (χ4n) is 6.19. The van der Waals surface area contributed by atoms with Crippen LogP contribution in [0.1, 0.15) is 50.9 Å². The van der Waals surface area contributed by atoms with Gasteiger partial charge in [0.25, 0.3) is 0 Å². The lowest BCUT2D eigenvalue weighted by Gasteiger charge is -2.04. The molecule has 0 atom stereocenters. The molecule has 6 heteroatoms. The monoisotopic (exact) mass is 644 g/mol. The van der Waals surface area contributed by atoms with Crippen LogP contribution < -0.4 is 0 Å². The van der Waals surface area contributed by atoms with Gasteiger partial charge < -0.3 is 0 Å². The molecule has 0 fully saturated rings. The average molecular weight is 645 g/mol. The van der Waals surface area contributed by atoms with Gasteiger partial charge in [-0.25, -0.2) is 9.97 Å². The Labute approximate surface area is 273 Å². The summed E-state index contributed by atoms with van der Waals surface area (Å²) in [6.45, 7) is 4.53. The van der Waals surface area contributed by atoms with Crippen LogP contribution in [0.2, 0.25) is 0 Å². The molecule has 0 aliphatic carbocycles. The van der Waals surface area contributed by atoms with Crippen LogP contribution in [0.15, 0.2) is 84.9 Å². The molecule has 8 aromatic rings. The zero-order chi connectivity index (χ0) is 29.6. The fourth-order valence-corrected chi connectivity index (χ4v) is 11.1. The maximum Gasteiger partial charge on any atom is 0.153 e. The summed E-state index contributed by atoms with van der Waals surface area (Å²) >= 11 is 7.48. The summed E-state index contributed by atoms with van der Waals surface area (Å²) < 4.78 is 5.41. The highest BCUT2D eigenvalue weighted by atomic mass is 32.1. The number of hydrogen-bond donors (Lipinski definition) is 0. The molecule has 4 aromatic carbocycles. The van der Waals surface area contributed by atoms with Gasteiger partial charge in [0.15, 0.2) is 10.0 Å². The van der Waals surface area contributed by atoms with E-state index >= 15 is 0 Å². The molecule has 0 bridgehead atoms. The second-order valence-corrected chi connectivity index (χ2v) is 15.5. The number of nitrogens with zero attached hydrogens (tertiary/aromatic N) is 2. The van der Waals surface area contributed by atoms with E-state index in [1.807, 2.05) is 45.3 Å². The van der Waals surface area contributed by atoms with Crippen LogP contribution in [0.5, 0.6) is 0 Å². The van der Waals surface area contributed by atoms with Gasteiger partial charge in [0.2, 0.25) is 0 Å². The molecular weight excluding hydrogens is 613 g/mol. The molecule has 4 heterocycles. The first-order valence-electron chi connectivity index (χ1n) is 15.5. The van der Waals surface area contributed by atoms with Crippen LogP contribution in [0.25, 0.3) is 71.2 Å². The molecule has 218 valence electrons. The van der Waals surface area contributed by atoms with E-state index in [1.54, 1.807) is 0 Å². The minimum atomic E-state index is 0.992. The number of unbranched alkanes of at least 4 members (excludes halogenated alkanes) is 2. The summed E-state index contributed by atoms with van der Waals surface area (Å²) in [6, 6.07) is 31.1. The zero-order valence-electron chi connectivity index (χ0n) is 24.9. The van der Waals surface area contributed by atoms with E-state index in [4.69, 9.17) is 9.97 Å². The first-order chi connectivity index (χ1) is 21.7. The highest BCUT2D eigenvalue weighted by Gasteiger charge is 2.23. The highest BCUT2D eigenvalue weighted by Crippen LogP contribution is 2.48. The Bertz CT molecular complexity index is 2120. The average Bonchev–Trinajstić information content (AvgIpc) is 3.84. The van der Waals surface area contributed by atoms with Crippen molar-refractivity contribution in [2.24, 2.45) is 0 Å². The van der Waals surface area contributed by atoms with E-state index in [2.05, 4.69) is 98.8 Å². The fraction of sp³-hybridized carbons (Fsp3) is 0.211. The van der Waals surface area contributed by atoms with Crippen LogP contribution >= 0.6 is 45.3 Å². The number of fused-ring (bicyclic) bond motifs is 6. The molecule has 0 N–H and O–H groups in total. The number of aromatic nitrogens is 2. The molecular formula is C38H32N2S4. The van der Waals surface area contributed by atoms with Gasteiger partial charge in [0.1, 0.15) is 0 Å². The third-order valence-electron chi connectivity index (χ3n) is 8.41. The molecule has 0 spiro atoms. The third-order valence-corrected chi connectivity index (χ3v) is 13.3. The van der Waals surface area contributed by atoms with Gasteiger partial charge >= 0.3 is 0 Å². The lowest BCUT2D eigenvalue weighted by atomic mass is 10.1. The molecule has 4 aromatic heterocycles. The Morgan fingerprint density at radius 3 is 1.36 bits per heavy atom. The van der Waals surface area contributed by atoms with E-state index in [9.17, 15) is 0 Å². The minimum absolute atomic E-state index is 0.992. The normalized spacial score (nSPS) is 12.0. The number of aryl methyl sites for hydroxylation is 2. The minimum Gasteiger partial charge on any atom is -0.238 e. The summed E-state index contributed by atoms with van der Waals surface area (Å²) in [5.41, 5.74) is 5.07. The topological polar surface area (TPSA) is 25.8 Å². The van der Waals surface area contributed by atoms with Crippen LogP contribution in [0, 0.1) is 0 Å². The molecule has 0 amide bonds. The smallest absolute Gasteiger partial charge is 0.153 e. The molecule has 0 saturated carbocycles. The second kappa shape index (κ2) is 11.8. The van der Waals surface area contributed by atoms with Gasteiger partial charge in [-0.15, -0.1) is 45.3 Å². The Morgan fingerprint density at radius 1 is 0.477 bits per heavy atom. The first-order valence-corrected chi connectivity index (χ1v) is 18.8. The van der Waals surface area contributed by atoms with Crippen molar-refractivity contribution in [2.75, 3.05) is 0 Å². The maximum atomic E-state index is 5.35. The van der Waals surface area contributed by atoms with E-state index < -0.39 is 0 Å². The van der Waals surface area contributed by atoms with Crippen LogP contribution in [0.3, 0.4) is 0 Å². The SMILES string of the molecule is CCCCc1nc(-c2nc(CCCC)c(-c3cccc4c3sc3ccccc34)s2)sc1-c1cccc2c1sc1ccccc12. The Morgan fingerprint density at radius 2 is 0.909 bits per heavy atom. The first kappa shape index (κ1) is 28.1. The summed E-state index contributed by atoms with van der Waals surface area (Å²) in [5.74, 6) is 0. The summed E-state index contributed by atoms with van der Waals surface area (Å²) in [4.78, 5) is 13.3. The Balaban J connectivity index is 1.29. The molecule has 0 aliphatic heterocycles. The molecule has 0 unspecified atom stereocenters. The maximum absolute atomic E-state index is 5.35. The molecule has 2 nitrogen and oxygen atoms in total. The molecule has 0 aliphatic rings. The lowest BCUT2D eigenvalue weighted by Crippen LogP contribution is -1.90. The number of hydrogen-bond acceptors (Lipinski definition) is 6. The van der Waals surface area contributed by atoms with Crippen LogP contribution in [-0.2, 0) is 12.8 Å². The molecule has 0 saturated heterocycles. The van der Waals surface area contributed by atoms with Crippen LogP contribution in [0.4, 0.5) is 0 Å². The predicted molar refractivity (Wildman–Crippen MR) is 197 cm³/mol. The molecule has 44 heavy (non-hydrogen) atoms. The number of thiazole rings is 2. The predicted octanol–water partition coefficient (Wildman–Crippen LogP) is 13.0. The van der Waals surface area contributed by atoms with Crippen LogP contribution in [-0.4, -0.2) is 9.97 Å². The van der Waals surface area contributed by atoms with Gasteiger partial charge in [-0.3, -0.25) is 0 Å². The standard InChI is InChI=1S/C38H32N2S4/c1-3-5-19-29-35(27-17-11-15-25-23-13-7-9-21-31(23)41-33(25)27)43-37(39-29)38-40-30(20-6-4-2)36(44-38)28-18-12-16-26-24-14-8-10-22-32(24)42-34(26)28/h7-18,21-22H,3-6,19-20H2,1-2H3. The largest absolute Gasteiger partial charge is 0.238 e. The van der Waals surface area contributed by atoms with Gasteiger partial charge in [-0.05, 0) is 37.8 Å². The lowest BCUT2D eigenvalue weighted by molar-refractivity contribution is 0.780. The quantitative estimate of drug-likeness (QED) is 0.156. The Kier molecular flexibility index (Phi) is 7.55. The van der Waals surface area contributed by atoms with Crippen molar-refractivity contribution in [3.8, 4) is 30.9 Å². The van der Waals surface area contributed by atoms with E-state index in [0.717, 1.165) is 48.5 Å². The number of thiophene rings is 2. The van der Waals surface area contributed by atoms with Crippen molar-refractivity contribution in [1.82, 2.24) is 9.97 Å². The summed E-state index contributed by atoms with van der Waals surface area (Å²) in [5, 5.41) is 7.48. The summed E-state index contributed by atoms with van der Waals surface area (Å²) in [7, 11) is 0. The van der Waals surface area contributed by atoms with Crippen molar-refractivity contribution in [3.05, 3.63) is 96.3 Å². The van der Waals surface area contributed by atoms with Crippen molar-refractivity contribution in [2.45, 2.75) is 52.4 Å². The molecule has 8 rings (SSSR count). The van der Waals surface area contributed by atoms with Gasteiger partial charge in [0.05, 0.1) is 21.1 Å². The van der Waals surface area contributed by atoms with Gasteiger partial charge in [-0.2, -0.15) is 0 Å². The van der Waals surface area contributed by atoms with Crippen molar-refractivity contribution < 1.29 is 0 Å². The van der Waals surface area contributed by atoms with E-state index in [0.29, 0.717) is 0 Å². The Hall–Kier alpha value is -3.42. The van der Waals surface area contributed by atoms with Crippen molar-refractivity contribution in [1.29, 1.82) is 0 Å². The highest BCUT2D eigenvalue weighted by molar-refractivity contribution is 7.28. The zero-order valence-corrected chi connectivity index (χ0v) is 28.1. The van der Waals surface area contributed by atoms with Crippen molar-refractivity contribution >= 4 is 85.7 Å². The van der Waals surface area contributed by atoms with E-state index in [-0.39, 0.29) is 0 Å². The van der Waals surface area contributed by atoms with Gasteiger partial charge in [-0.1, -0.05) is 99.5 Å². The van der Waals surface area contributed by atoms with E-state index in [1.165, 1.54) is 72.6 Å². The second-order valence-electron chi connectivity index (χ2n) is 11.4. The number of rotatable bonds is 9. The summed E-state index contributed by atoms with van der Waals surface area (Å²) in [6.07, 6.45) is 6.56. The third kappa shape index (κ3) is 4.80.